The van der Waals surface area contributed by atoms with Crippen molar-refractivity contribution in [2.75, 3.05) is 0 Å². The van der Waals surface area contributed by atoms with Crippen LogP contribution in [0.25, 0.3) is 10.9 Å². The maximum atomic E-state index is 6.42. The number of hydrogen-bond donors (Lipinski definition) is 1. The van der Waals surface area contributed by atoms with Gasteiger partial charge < -0.3 is 5.73 Å². The molecule has 1 aromatic carbocycles. The van der Waals surface area contributed by atoms with Crippen molar-refractivity contribution in [3.8, 4) is 0 Å². The van der Waals surface area contributed by atoms with Crippen LogP contribution in [0.1, 0.15) is 24.2 Å². The van der Waals surface area contributed by atoms with Gasteiger partial charge >= 0.3 is 0 Å². The summed E-state index contributed by atoms with van der Waals surface area (Å²) in [4.78, 5) is 4.33. The molecule has 4 nitrogen and oxygen atoms in total. The molecule has 0 aliphatic carbocycles. The monoisotopic (exact) mass is 330 g/mol. The Balaban J connectivity index is 2.07. The van der Waals surface area contributed by atoms with E-state index in [-0.39, 0.29) is 6.04 Å². The highest BCUT2D eigenvalue weighted by Crippen LogP contribution is 2.28. The van der Waals surface area contributed by atoms with Crippen LogP contribution in [-0.4, -0.2) is 14.8 Å². The Bertz CT molecular complexity index is 750. The molecule has 1 atom stereocenters. The molecule has 0 radical (unpaired) electrons. The van der Waals surface area contributed by atoms with Gasteiger partial charge in [0.1, 0.15) is 0 Å². The summed E-state index contributed by atoms with van der Waals surface area (Å²) in [6, 6.07) is 9.89. The van der Waals surface area contributed by atoms with Gasteiger partial charge in [0.2, 0.25) is 0 Å². The van der Waals surface area contributed by atoms with Gasteiger partial charge in [-0.15, -0.1) is 0 Å². The summed E-state index contributed by atoms with van der Waals surface area (Å²) < 4.78 is 2.86. The summed E-state index contributed by atoms with van der Waals surface area (Å²) in [6.07, 6.45) is 3.59. The van der Waals surface area contributed by atoms with Gasteiger partial charge in [-0.3, -0.25) is 9.67 Å². The number of aryl methyl sites for hydroxylation is 1. The third-order valence-corrected chi connectivity index (χ3v) is 4.02. The number of aromatic nitrogens is 3. The van der Waals surface area contributed by atoms with E-state index >= 15 is 0 Å². The van der Waals surface area contributed by atoms with E-state index in [9.17, 15) is 0 Å². The first-order chi connectivity index (χ1) is 9.70. The lowest BCUT2D eigenvalue weighted by Gasteiger charge is -2.15. The lowest BCUT2D eigenvalue weighted by atomic mass is 10.0. The van der Waals surface area contributed by atoms with E-state index in [4.69, 9.17) is 5.73 Å². The summed E-state index contributed by atoms with van der Waals surface area (Å²) in [7, 11) is 0. The number of pyridine rings is 1. The fourth-order valence-electron chi connectivity index (χ4n) is 2.38. The summed E-state index contributed by atoms with van der Waals surface area (Å²) in [5.41, 5.74) is 9.45. The van der Waals surface area contributed by atoms with E-state index in [0.717, 1.165) is 33.2 Å². The van der Waals surface area contributed by atoms with Crippen molar-refractivity contribution in [2.45, 2.75) is 19.5 Å². The van der Waals surface area contributed by atoms with E-state index in [0.29, 0.717) is 0 Å². The zero-order valence-corrected chi connectivity index (χ0v) is 12.7. The molecule has 20 heavy (non-hydrogen) atoms. The molecular weight excluding hydrogens is 316 g/mol. The van der Waals surface area contributed by atoms with Gasteiger partial charge in [0.25, 0.3) is 0 Å². The van der Waals surface area contributed by atoms with Crippen LogP contribution in [-0.2, 0) is 6.54 Å². The molecule has 2 aromatic heterocycles. The number of benzene rings is 1. The Labute approximate surface area is 125 Å². The van der Waals surface area contributed by atoms with Crippen molar-refractivity contribution in [3.05, 3.63) is 58.5 Å². The topological polar surface area (TPSA) is 56.7 Å². The fraction of sp³-hybridized carbons (Fsp3) is 0.200. The first kappa shape index (κ1) is 13.3. The predicted molar refractivity (Wildman–Crippen MR) is 83.4 cm³/mol. The Hall–Kier alpha value is -1.72. The maximum absolute atomic E-state index is 6.42. The quantitative estimate of drug-likeness (QED) is 0.801. The second-order valence-electron chi connectivity index (χ2n) is 4.63. The van der Waals surface area contributed by atoms with Crippen molar-refractivity contribution in [2.24, 2.45) is 5.73 Å². The van der Waals surface area contributed by atoms with Crippen molar-refractivity contribution in [1.29, 1.82) is 0 Å². The summed E-state index contributed by atoms with van der Waals surface area (Å²) >= 11 is 3.53. The largest absolute Gasteiger partial charge is 0.319 e. The molecule has 2 heterocycles. The molecule has 0 bridgehead atoms. The Morgan fingerprint density at radius 2 is 2.20 bits per heavy atom. The molecule has 3 rings (SSSR count). The number of hydrogen-bond acceptors (Lipinski definition) is 3. The minimum Gasteiger partial charge on any atom is -0.319 e. The van der Waals surface area contributed by atoms with Gasteiger partial charge in [-0.25, -0.2) is 0 Å². The summed E-state index contributed by atoms with van der Waals surface area (Å²) in [5, 5.41) is 5.42. The number of nitrogens with zero attached hydrogens (tertiary/aromatic N) is 3. The minimum atomic E-state index is -0.212. The van der Waals surface area contributed by atoms with Crippen LogP contribution in [0, 0.1) is 0 Å². The molecule has 0 spiro atoms. The van der Waals surface area contributed by atoms with E-state index in [1.54, 1.807) is 12.4 Å². The molecule has 0 amide bonds. The Morgan fingerprint density at radius 3 is 3.00 bits per heavy atom. The second-order valence-corrected chi connectivity index (χ2v) is 5.48. The first-order valence-corrected chi connectivity index (χ1v) is 7.31. The average molecular weight is 331 g/mol. The van der Waals surface area contributed by atoms with Crippen LogP contribution >= 0.6 is 15.9 Å². The summed E-state index contributed by atoms with van der Waals surface area (Å²) in [6.45, 7) is 2.85. The zero-order chi connectivity index (χ0) is 14.1. The van der Waals surface area contributed by atoms with Crippen LogP contribution in [0.3, 0.4) is 0 Å². The molecule has 0 fully saturated rings. The van der Waals surface area contributed by atoms with Crippen molar-refractivity contribution < 1.29 is 0 Å². The third kappa shape index (κ3) is 2.23. The lowest BCUT2D eigenvalue weighted by Crippen LogP contribution is -2.17. The minimum absolute atomic E-state index is 0.212. The van der Waals surface area contributed by atoms with Crippen LogP contribution in [0.15, 0.2) is 47.2 Å². The highest BCUT2D eigenvalue weighted by Gasteiger charge is 2.18. The fourth-order valence-corrected chi connectivity index (χ4v) is 2.92. The van der Waals surface area contributed by atoms with Crippen LogP contribution < -0.4 is 5.73 Å². The molecule has 2 N–H and O–H groups in total. The van der Waals surface area contributed by atoms with Crippen LogP contribution in [0.4, 0.5) is 0 Å². The molecule has 0 aliphatic heterocycles. The van der Waals surface area contributed by atoms with Gasteiger partial charge in [-0.1, -0.05) is 12.1 Å². The normalized spacial score (nSPS) is 12.8. The number of fused-ring (bicyclic) bond motifs is 1. The summed E-state index contributed by atoms with van der Waals surface area (Å²) in [5.74, 6) is 0. The van der Waals surface area contributed by atoms with E-state index < -0.39 is 0 Å². The van der Waals surface area contributed by atoms with Gasteiger partial charge in [-0.05, 0) is 46.6 Å². The molecular formula is C15H15BrN4. The molecule has 3 aromatic rings. The predicted octanol–water partition coefficient (Wildman–Crippen LogP) is 3.26. The molecule has 0 saturated carbocycles. The van der Waals surface area contributed by atoms with Crippen molar-refractivity contribution >= 4 is 26.8 Å². The molecule has 0 aliphatic rings. The van der Waals surface area contributed by atoms with E-state index in [2.05, 4.69) is 39.0 Å². The zero-order valence-electron chi connectivity index (χ0n) is 11.1. The first-order valence-electron chi connectivity index (χ1n) is 6.52. The molecule has 1 unspecified atom stereocenters. The second kappa shape index (κ2) is 5.34. The van der Waals surface area contributed by atoms with Crippen LogP contribution in [0.2, 0.25) is 0 Å². The highest BCUT2D eigenvalue weighted by atomic mass is 79.9. The smallest absolute Gasteiger partial charge is 0.0738 e. The van der Waals surface area contributed by atoms with Gasteiger partial charge in [0.15, 0.2) is 0 Å². The van der Waals surface area contributed by atoms with E-state index in [1.807, 2.05) is 28.9 Å². The SMILES string of the molecule is CCn1ncc(Br)c1C(N)c1ccc2ncccc2c1. The van der Waals surface area contributed by atoms with Crippen LogP contribution in [0.5, 0.6) is 0 Å². The molecule has 5 heteroatoms. The molecule has 102 valence electrons. The standard InChI is InChI=1S/C15H15BrN4/c1-2-20-15(12(16)9-19-20)14(17)11-5-6-13-10(8-11)4-3-7-18-13/h3-9,14H,2,17H2,1H3. The maximum Gasteiger partial charge on any atom is 0.0738 e. The van der Waals surface area contributed by atoms with Crippen molar-refractivity contribution in [3.63, 3.8) is 0 Å². The number of nitrogens with two attached hydrogens (primary N) is 1. The molecule has 0 saturated heterocycles. The average Bonchev–Trinajstić information content (AvgIpc) is 2.87. The highest BCUT2D eigenvalue weighted by molar-refractivity contribution is 9.10. The lowest BCUT2D eigenvalue weighted by molar-refractivity contribution is 0.600. The Morgan fingerprint density at radius 1 is 1.35 bits per heavy atom. The van der Waals surface area contributed by atoms with Gasteiger partial charge in [-0.2, -0.15) is 5.10 Å². The van der Waals surface area contributed by atoms with Gasteiger partial charge in [0.05, 0.1) is 27.9 Å². The number of halogens is 1. The van der Waals surface area contributed by atoms with Gasteiger partial charge in [0, 0.05) is 18.1 Å². The third-order valence-electron chi connectivity index (χ3n) is 3.41. The Kier molecular flexibility index (Phi) is 3.54. The number of rotatable bonds is 3. The van der Waals surface area contributed by atoms with E-state index in [1.165, 1.54) is 0 Å². The van der Waals surface area contributed by atoms with Crippen molar-refractivity contribution in [1.82, 2.24) is 14.8 Å².